The summed E-state index contributed by atoms with van der Waals surface area (Å²) in [6.45, 7) is 2.12. The van der Waals surface area contributed by atoms with E-state index in [1.54, 1.807) is 41.3 Å². The molecule has 3 aliphatic rings. The number of piperazine rings is 1. The first-order valence-corrected chi connectivity index (χ1v) is 11.3. The number of rotatable bonds is 3. The molecule has 7 heteroatoms. The zero-order valence-electron chi connectivity index (χ0n) is 17.9. The maximum atomic E-state index is 14.0. The van der Waals surface area contributed by atoms with Gasteiger partial charge in [0.15, 0.2) is 0 Å². The highest BCUT2D eigenvalue weighted by molar-refractivity contribution is 6.22. The highest BCUT2D eigenvalue weighted by atomic mass is 19.1. The average molecular weight is 435 g/mol. The topological polar surface area (TPSA) is 60.9 Å². The lowest BCUT2D eigenvalue weighted by Crippen LogP contribution is -2.49. The molecular weight excluding hydrogens is 409 g/mol. The number of halogens is 1. The molecule has 0 unspecified atom stereocenters. The molecule has 0 radical (unpaired) electrons. The first-order valence-electron chi connectivity index (χ1n) is 11.3. The summed E-state index contributed by atoms with van der Waals surface area (Å²) in [4.78, 5) is 43.6. The Balaban J connectivity index is 1.25. The minimum absolute atomic E-state index is 0.0996. The predicted molar refractivity (Wildman–Crippen MR) is 119 cm³/mol. The molecule has 1 saturated carbocycles. The summed E-state index contributed by atoms with van der Waals surface area (Å²) in [7, 11) is 0. The number of imide groups is 1. The van der Waals surface area contributed by atoms with Gasteiger partial charge in [-0.05, 0) is 49.2 Å². The standard InChI is InChI=1S/C25H26FN3O3/c26-21-7-3-4-8-22(21)27-13-15-28(16-14-27)23(30)17-9-11-18(12-10-17)29-24(31)19-5-1-2-6-20(19)25(29)32/h3-4,7-12,19-20H,1-2,5-6,13-16H2/t19-,20-/m0/s1. The number of nitrogens with zero attached hydrogens (tertiary/aromatic N) is 3. The molecule has 3 fully saturated rings. The van der Waals surface area contributed by atoms with E-state index in [-0.39, 0.29) is 35.4 Å². The maximum absolute atomic E-state index is 14.0. The normalized spacial score (nSPS) is 23.5. The zero-order valence-corrected chi connectivity index (χ0v) is 17.9. The quantitative estimate of drug-likeness (QED) is 0.693. The van der Waals surface area contributed by atoms with Crippen LogP contribution in [0.25, 0.3) is 0 Å². The van der Waals surface area contributed by atoms with Gasteiger partial charge in [-0.1, -0.05) is 25.0 Å². The Kier molecular flexibility index (Phi) is 5.41. The lowest BCUT2D eigenvalue weighted by atomic mass is 9.81. The fourth-order valence-electron chi connectivity index (χ4n) is 5.21. The van der Waals surface area contributed by atoms with E-state index in [4.69, 9.17) is 0 Å². The Morgan fingerprint density at radius 2 is 1.41 bits per heavy atom. The number of carbonyl (C=O) groups excluding carboxylic acids is 3. The van der Waals surface area contributed by atoms with E-state index in [1.807, 2.05) is 11.0 Å². The number of benzene rings is 2. The first-order chi connectivity index (χ1) is 15.5. The van der Waals surface area contributed by atoms with Gasteiger partial charge in [-0.25, -0.2) is 4.39 Å². The third-order valence-corrected chi connectivity index (χ3v) is 6.97. The van der Waals surface area contributed by atoms with Crippen molar-refractivity contribution in [1.82, 2.24) is 4.90 Å². The van der Waals surface area contributed by atoms with Gasteiger partial charge < -0.3 is 9.80 Å². The van der Waals surface area contributed by atoms with Crippen LogP contribution < -0.4 is 9.80 Å². The molecule has 0 aromatic heterocycles. The molecule has 3 amide bonds. The van der Waals surface area contributed by atoms with Crippen LogP contribution in [-0.2, 0) is 9.59 Å². The van der Waals surface area contributed by atoms with E-state index < -0.39 is 0 Å². The van der Waals surface area contributed by atoms with Gasteiger partial charge in [-0.2, -0.15) is 0 Å². The fourth-order valence-corrected chi connectivity index (χ4v) is 5.21. The van der Waals surface area contributed by atoms with Crippen molar-refractivity contribution in [3.05, 3.63) is 59.9 Å². The predicted octanol–water partition coefficient (Wildman–Crippen LogP) is 3.47. The monoisotopic (exact) mass is 435 g/mol. The molecule has 32 heavy (non-hydrogen) atoms. The smallest absolute Gasteiger partial charge is 0.253 e. The number of fused-ring (bicyclic) bond motifs is 1. The molecule has 2 atom stereocenters. The van der Waals surface area contributed by atoms with Crippen LogP contribution in [-0.4, -0.2) is 48.8 Å². The molecule has 2 aromatic rings. The van der Waals surface area contributed by atoms with Gasteiger partial charge in [0, 0.05) is 31.7 Å². The molecule has 0 N–H and O–H groups in total. The van der Waals surface area contributed by atoms with Crippen molar-refractivity contribution >= 4 is 29.1 Å². The number of amides is 3. The highest BCUT2D eigenvalue weighted by Gasteiger charge is 2.48. The lowest BCUT2D eigenvalue weighted by molar-refractivity contribution is -0.122. The van der Waals surface area contributed by atoms with Gasteiger partial charge in [-0.3, -0.25) is 19.3 Å². The molecular formula is C25H26FN3O3. The summed E-state index contributed by atoms with van der Waals surface area (Å²) in [6, 6.07) is 13.4. The van der Waals surface area contributed by atoms with Crippen LogP contribution in [0.15, 0.2) is 48.5 Å². The van der Waals surface area contributed by atoms with Crippen LogP contribution in [0, 0.1) is 17.7 Å². The number of hydrogen-bond donors (Lipinski definition) is 0. The van der Waals surface area contributed by atoms with Crippen molar-refractivity contribution in [2.75, 3.05) is 36.0 Å². The highest BCUT2D eigenvalue weighted by Crippen LogP contribution is 2.40. The van der Waals surface area contributed by atoms with E-state index >= 15 is 0 Å². The minimum atomic E-state index is -0.256. The van der Waals surface area contributed by atoms with Gasteiger partial charge in [0.1, 0.15) is 5.82 Å². The van der Waals surface area contributed by atoms with Crippen LogP contribution >= 0.6 is 0 Å². The van der Waals surface area contributed by atoms with Crippen molar-refractivity contribution < 1.29 is 18.8 Å². The lowest BCUT2D eigenvalue weighted by Gasteiger charge is -2.36. The van der Waals surface area contributed by atoms with Crippen molar-refractivity contribution in [3.8, 4) is 0 Å². The summed E-state index contributed by atoms with van der Waals surface area (Å²) in [5.41, 5.74) is 1.62. The van der Waals surface area contributed by atoms with Gasteiger partial charge in [0.25, 0.3) is 5.91 Å². The van der Waals surface area contributed by atoms with Crippen molar-refractivity contribution in [2.45, 2.75) is 25.7 Å². The van der Waals surface area contributed by atoms with Crippen molar-refractivity contribution in [3.63, 3.8) is 0 Å². The Bertz CT molecular complexity index is 1020. The van der Waals surface area contributed by atoms with E-state index in [2.05, 4.69) is 0 Å². The second-order valence-electron chi connectivity index (χ2n) is 8.79. The fraction of sp³-hybridized carbons (Fsp3) is 0.400. The van der Waals surface area contributed by atoms with Gasteiger partial charge in [0.2, 0.25) is 11.8 Å². The second kappa shape index (κ2) is 8.37. The molecule has 2 aliphatic heterocycles. The minimum Gasteiger partial charge on any atom is -0.366 e. The Morgan fingerprint density at radius 3 is 2.00 bits per heavy atom. The summed E-state index contributed by atoms with van der Waals surface area (Å²) in [5, 5.41) is 0. The molecule has 0 bridgehead atoms. The molecule has 5 rings (SSSR count). The maximum Gasteiger partial charge on any atom is 0.253 e. The third kappa shape index (κ3) is 3.55. The molecule has 2 heterocycles. The second-order valence-corrected chi connectivity index (χ2v) is 8.79. The van der Waals surface area contributed by atoms with Gasteiger partial charge in [0.05, 0.1) is 23.2 Å². The van der Waals surface area contributed by atoms with Gasteiger partial charge >= 0.3 is 0 Å². The zero-order chi connectivity index (χ0) is 22.2. The largest absolute Gasteiger partial charge is 0.366 e. The number of para-hydroxylation sites is 1. The Morgan fingerprint density at radius 1 is 0.812 bits per heavy atom. The van der Waals surface area contributed by atoms with Crippen LogP contribution in [0.3, 0.4) is 0 Å². The molecule has 0 spiro atoms. The van der Waals surface area contributed by atoms with Crippen LogP contribution in [0.1, 0.15) is 36.0 Å². The molecule has 2 saturated heterocycles. The van der Waals surface area contributed by atoms with Crippen LogP contribution in [0.4, 0.5) is 15.8 Å². The molecule has 1 aliphatic carbocycles. The van der Waals surface area contributed by atoms with Crippen LogP contribution in [0.2, 0.25) is 0 Å². The third-order valence-electron chi connectivity index (χ3n) is 6.97. The molecule has 2 aromatic carbocycles. The molecule has 166 valence electrons. The number of hydrogen-bond acceptors (Lipinski definition) is 4. The summed E-state index contributed by atoms with van der Waals surface area (Å²) in [6.07, 6.45) is 3.54. The van der Waals surface area contributed by atoms with E-state index in [0.717, 1.165) is 25.7 Å². The number of carbonyl (C=O) groups is 3. The summed E-state index contributed by atoms with van der Waals surface area (Å²) in [5.74, 6) is -0.955. The van der Waals surface area contributed by atoms with E-state index in [9.17, 15) is 18.8 Å². The van der Waals surface area contributed by atoms with E-state index in [1.165, 1.54) is 11.0 Å². The summed E-state index contributed by atoms with van der Waals surface area (Å²) < 4.78 is 14.0. The van der Waals surface area contributed by atoms with Crippen molar-refractivity contribution in [1.29, 1.82) is 0 Å². The Labute approximate surface area is 186 Å². The summed E-state index contributed by atoms with van der Waals surface area (Å²) >= 11 is 0. The van der Waals surface area contributed by atoms with Gasteiger partial charge in [-0.15, -0.1) is 0 Å². The van der Waals surface area contributed by atoms with Crippen LogP contribution in [0.5, 0.6) is 0 Å². The Hall–Kier alpha value is -3.22. The first kappa shape index (κ1) is 20.7. The molecule has 6 nitrogen and oxygen atoms in total. The van der Waals surface area contributed by atoms with E-state index in [0.29, 0.717) is 43.1 Å². The van der Waals surface area contributed by atoms with Crippen molar-refractivity contribution in [2.24, 2.45) is 11.8 Å². The SMILES string of the molecule is O=C(c1ccc(N2C(=O)[C@H]3CCCC[C@@H]3C2=O)cc1)N1CCN(c2ccccc2F)CC1. The number of anilines is 2. The average Bonchev–Trinajstić information content (AvgIpc) is 3.09.